The van der Waals surface area contributed by atoms with Gasteiger partial charge in [0.25, 0.3) is 16.0 Å². The van der Waals surface area contributed by atoms with Crippen molar-refractivity contribution >= 4 is 26.9 Å². The van der Waals surface area contributed by atoms with Crippen LogP contribution in [0.3, 0.4) is 0 Å². The van der Waals surface area contributed by atoms with Crippen LogP contribution in [0.4, 0.5) is 0 Å². The molecule has 0 saturated carbocycles. The van der Waals surface area contributed by atoms with Crippen molar-refractivity contribution < 1.29 is 27.2 Å². The van der Waals surface area contributed by atoms with Crippen LogP contribution in [0.5, 0.6) is 5.75 Å². The lowest BCUT2D eigenvalue weighted by atomic mass is 10.2. The molecule has 0 aliphatic heterocycles. The molecule has 28 heavy (non-hydrogen) atoms. The number of nitrogens with one attached hydrogen (secondary N) is 1. The number of amides is 1. The number of primary amides is 1. The SMILES string of the molecule is Cc1ccc(S(=O)(=O)OCC(O)COc2cccc3[nH]c(C(N)=O)cc23)cc1. The number of aryl methyl sites for hydroxylation is 1. The molecule has 1 amide bonds. The highest BCUT2D eigenvalue weighted by atomic mass is 32.2. The second kappa shape index (κ2) is 8.01. The molecule has 2 aromatic carbocycles. The number of hydrogen-bond acceptors (Lipinski definition) is 6. The van der Waals surface area contributed by atoms with Gasteiger partial charge < -0.3 is 20.6 Å². The van der Waals surface area contributed by atoms with Crippen molar-refractivity contribution in [1.82, 2.24) is 4.98 Å². The molecule has 8 nitrogen and oxygen atoms in total. The number of aromatic amines is 1. The standard InChI is InChI=1S/C19H20N2O6S/c1-12-5-7-14(8-6-12)28(24,25)27-11-13(22)10-26-18-4-2-3-16-15(18)9-17(21-16)19(20)23/h2-9,13,21-22H,10-11H2,1H3,(H2,20,23). The van der Waals surface area contributed by atoms with E-state index in [4.69, 9.17) is 14.7 Å². The highest BCUT2D eigenvalue weighted by Gasteiger charge is 2.18. The first-order chi connectivity index (χ1) is 13.3. The number of carbonyl (C=O) groups excluding carboxylic acids is 1. The molecule has 4 N–H and O–H groups in total. The lowest BCUT2D eigenvalue weighted by Crippen LogP contribution is -2.25. The van der Waals surface area contributed by atoms with Crippen molar-refractivity contribution in [3.8, 4) is 5.75 Å². The van der Waals surface area contributed by atoms with Crippen LogP contribution in [0.2, 0.25) is 0 Å². The van der Waals surface area contributed by atoms with Crippen molar-refractivity contribution in [2.45, 2.75) is 17.9 Å². The molecule has 1 atom stereocenters. The molecule has 0 saturated heterocycles. The molecule has 148 valence electrons. The van der Waals surface area contributed by atoms with Crippen LogP contribution in [0.25, 0.3) is 10.9 Å². The van der Waals surface area contributed by atoms with Gasteiger partial charge in [0.1, 0.15) is 24.2 Å². The fraction of sp³-hybridized carbons (Fsp3) is 0.211. The van der Waals surface area contributed by atoms with Gasteiger partial charge in [0.15, 0.2) is 0 Å². The Morgan fingerprint density at radius 3 is 2.57 bits per heavy atom. The summed E-state index contributed by atoms with van der Waals surface area (Å²) in [6, 6.07) is 12.9. The van der Waals surface area contributed by atoms with Crippen molar-refractivity contribution in [1.29, 1.82) is 0 Å². The summed E-state index contributed by atoms with van der Waals surface area (Å²) in [6.45, 7) is 1.20. The maximum Gasteiger partial charge on any atom is 0.297 e. The van der Waals surface area contributed by atoms with E-state index in [9.17, 15) is 18.3 Å². The van der Waals surface area contributed by atoms with Gasteiger partial charge in [-0.1, -0.05) is 23.8 Å². The van der Waals surface area contributed by atoms with Crippen LogP contribution in [0.15, 0.2) is 53.4 Å². The minimum Gasteiger partial charge on any atom is -0.490 e. The Balaban J connectivity index is 1.61. The maximum atomic E-state index is 12.1. The van der Waals surface area contributed by atoms with Crippen molar-refractivity contribution in [2.24, 2.45) is 5.73 Å². The Morgan fingerprint density at radius 1 is 1.18 bits per heavy atom. The number of nitrogens with two attached hydrogens (primary N) is 1. The molecule has 0 spiro atoms. The van der Waals surface area contributed by atoms with Gasteiger partial charge in [-0.05, 0) is 37.3 Å². The molecule has 3 rings (SSSR count). The molecule has 0 aliphatic rings. The highest BCUT2D eigenvalue weighted by molar-refractivity contribution is 7.86. The second-order valence-corrected chi connectivity index (χ2v) is 7.90. The number of aliphatic hydroxyl groups is 1. The monoisotopic (exact) mass is 404 g/mol. The smallest absolute Gasteiger partial charge is 0.297 e. The summed E-state index contributed by atoms with van der Waals surface area (Å²) in [5, 5.41) is 10.7. The number of rotatable bonds is 8. The summed E-state index contributed by atoms with van der Waals surface area (Å²) in [7, 11) is -3.97. The molecular weight excluding hydrogens is 384 g/mol. The summed E-state index contributed by atoms with van der Waals surface area (Å²) >= 11 is 0. The van der Waals surface area contributed by atoms with Gasteiger partial charge in [0, 0.05) is 10.9 Å². The average Bonchev–Trinajstić information content (AvgIpc) is 3.10. The van der Waals surface area contributed by atoms with Gasteiger partial charge in [-0.2, -0.15) is 8.42 Å². The van der Waals surface area contributed by atoms with E-state index in [1.54, 1.807) is 36.4 Å². The topological polar surface area (TPSA) is 132 Å². The molecule has 0 aliphatic carbocycles. The van der Waals surface area contributed by atoms with Gasteiger partial charge in [-0.25, -0.2) is 0 Å². The highest BCUT2D eigenvalue weighted by Crippen LogP contribution is 2.26. The minimum atomic E-state index is -3.97. The average molecular weight is 404 g/mol. The lowest BCUT2D eigenvalue weighted by Gasteiger charge is -2.13. The van der Waals surface area contributed by atoms with Crippen LogP contribution >= 0.6 is 0 Å². The second-order valence-electron chi connectivity index (χ2n) is 6.28. The predicted molar refractivity (Wildman–Crippen MR) is 103 cm³/mol. The number of benzene rings is 2. The molecular formula is C19H20N2O6S. The minimum absolute atomic E-state index is 0.0160. The third kappa shape index (κ3) is 4.50. The summed E-state index contributed by atoms with van der Waals surface area (Å²) in [5.41, 5.74) is 7.07. The zero-order valence-corrected chi connectivity index (χ0v) is 15.9. The van der Waals surface area contributed by atoms with Crippen molar-refractivity contribution in [3.05, 3.63) is 59.8 Å². The molecule has 1 aromatic heterocycles. The largest absolute Gasteiger partial charge is 0.490 e. The number of aromatic nitrogens is 1. The van der Waals surface area contributed by atoms with E-state index in [0.29, 0.717) is 16.7 Å². The Hall–Kier alpha value is -2.88. The number of aliphatic hydroxyl groups excluding tert-OH is 1. The predicted octanol–water partition coefficient (Wildman–Crippen LogP) is 1.72. The summed E-state index contributed by atoms with van der Waals surface area (Å²) in [4.78, 5) is 14.2. The molecule has 1 heterocycles. The first-order valence-electron chi connectivity index (χ1n) is 8.45. The summed E-state index contributed by atoms with van der Waals surface area (Å²) < 4.78 is 34.8. The van der Waals surface area contributed by atoms with E-state index in [1.165, 1.54) is 12.1 Å². The van der Waals surface area contributed by atoms with E-state index in [-0.39, 0.29) is 17.2 Å². The van der Waals surface area contributed by atoms with Crippen molar-refractivity contribution in [2.75, 3.05) is 13.2 Å². The van der Waals surface area contributed by atoms with Gasteiger partial charge in [0.05, 0.1) is 11.5 Å². The van der Waals surface area contributed by atoms with Gasteiger partial charge in [0.2, 0.25) is 0 Å². The van der Waals surface area contributed by atoms with Crippen molar-refractivity contribution in [3.63, 3.8) is 0 Å². The van der Waals surface area contributed by atoms with E-state index >= 15 is 0 Å². The fourth-order valence-corrected chi connectivity index (χ4v) is 3.50. The zero-order chi connectivity index (χ0) is 20.3. The number of hydrogen-bond donors (Lipinski definition) is 3. The number of H-pyrrole nitrogens is 1. The van der Waals surface area contributed by atoms with Gasteiger partial charge in [-0.15, -0.1) is 0 Å². The Labute approximate surface area is 162 Å². The summed E-state index contributed by atoms with van der Waals surface area (Å²) in [5.74, 6) is -0.182. The molecule has 0 bridgehead atoms. The Morgan fingerprint density at radius 2 is 1.89 bits per heavy atom. The van der Waals surface area contributed by atoms with Crippen LogP contribution in [0.1, 0.15) is 16.1 Å². The van der Waals surface area contributed by atoms with Gasteiger partial charge >= 0.3 is 0 Å². The van der Waals surface area contributed by atoms with E-state index in [1.807, 2.05) is 6.92 Å². The van der Waals surface area contributed by atoms with E-state index < -0.39 is 28.7 Å². The lowest BCUT2D eigenvalue weighted by molar-refractivity contribution is 0.0654. The normalized spacial score (nSPS) is 12.8. The van der Waals surface area contributed by atoms with Crippen LogP contribution in [-0.2, 0) is 14.3 Å². The quantitative estimate of drug-likeness (QED) is 0.490. The van der Waals surface area contributed by atoms with Crippen LogP contribution in [0, 0.1) is 6.92 Å². The molecule has 0 fully saturated rings. The molecule has 0 radical (unpaired) electrons. The third-order valence-electron chi connectivity index (χ3n) is 4.05. The first-order valence-corrected chi connectivity index (χ1v) is 9.85. The third-order valence-corrected chi connectivity index (χ3v) is 5.34. The zero-order valence-electron chi connectivity index (χ0n) is 15.1. The molecule has 3 aromatic rings. The summed E-state index contributed by atoms with van der Waals surface area (Å²) in [6.07, 6.45) is -1.18. The Bertz CT molecular complexity index is 1090. The number of fused-ring (bicyclic) bond motifs is 1. The van der Waals surface area contributed by atoms with E-state index in [0.717, 1.165) is 5.56 Å². The maximum absolute atomic E-state index is 12.1. The fourth-order valence-electron chi connectivity index (χ4n) is 2.56. The molecule has 1 unspecified atom stereocenters. The Kier molecular flexibility index (Phi) is 5.68. The number of ether oxygens (including phenoxy) is 1. The van der Waals surface area contributed by atoms with Gasteiger partial charge in [-0.3, -0.25) is 8.98 Å². The van der Waals surface area contributed by atoms with Crippen LogP contribution < -0.4 is 10.5 Å². The number of carbonyl (C=O) groups is 1. The van der Waals surface area contributed by atoms with E-state index in [2.05, 4.69) is 4.98 Å². The first kappa shape index (κ1) is 19.9. The molecule has 9 heteroatoms. The van der Waals surface area contributed by atoms with Crippen LogP contribution in [-0.4, -0.2) is 43.7 Å².